The Kier molecular flexibility index (Phi) is 4.35. The lowest BCUT2D eigenvalue weighted by Crippen LogP contribution is -2.37. The van der Waals surface area contributed by atoms with Crippen LogP contribution in [-0.2, 0) is 0 Å². The van der Waals surface area contributed by atoms with E-state index >= 15 is 0 Å². The second-order valence-electron chi connectivity index (χ2n) is 7.87. The number of fused-ring (bicyclic) bond motifs is 2. The van der Waals surface area contributed by atoms with Crippen molar-refractivity contribution in [3.8, 4) is 5.75 Å². The van der Waals surface area contributed by atoms with Crippen LogP contribution < -0.4 is 10.5 Å². The van der Waals surface area contributed by atoms with Crippen molar-refractivity contribution in [2.24, 2.45) is 23.0 Å². The summed E-state index contributed by atoms with van der Waals surface area (Å²) in [6.07, 6.45) is 7.82. The average molecular weight is 319 g/mol. The molecule has 2 N–H and O–H groups in total. The summed E-state index contributed by atoms with van der Waals surface area (Å²) in [6.45, 7) is 4.72. The van der Waals surface area contributed by atoms with Gasteiger partial charge in [0.25, 0.3) is 5.91 Å². The van der Waals surface area contributed by atoms with Gasteiger partial charge >= 0.3 is 0 Å². The van der Waals surface area contributed by atoms with E-state index in [0.29, 0.717) is 12.4 Å². The number of carbonyl (C=O) groups is 1. The Morgan fingerprint density at radius 1 is 1.35 bits per heavy atom. The maximum absolute atomic E-state index is 13.9. The predicted molar refractivity (Wildman–Crippen MR) is 87.9 cm³/mol. The summed E-state index contributed by atoms with van der Waals surface area (Å²) in [4.78, 5) is 11.2. The molecular weight excluding hydrogens is 293 g/mol. The smallest absolute Gasteiger partial charge is 0.251 e. The van der Waals surface area contributed by atoms with Crippen molar-refractivity contribution >= 4 is 5.91 Å². The Morgan fingerprint density at radius 2 is 2.00 bits per heavy atom. The molecule has 23 heavy (non-hydrogen) atoms. The molecule has 3 rings (SSSR count). The lowest BCUT2D eigenvalue weighted by atomic mass is 9.62. The number of primary amides is 1. The maximum Gasteiger partial charge on any atom is 0.251 e. The van der Waals surface area contributed by atoms with Crippen LogP contribution in [0, 0.1) is 30.0 Å². The van der Waals surface area contributed by atoms with Gasteiger partial charge in [0.2, 0.25) is 0 Å². The molecule has 1 aromatic carbocycles. The van der Waals surface area contributed by atoms with Crippen molar-refractivity contribution in [1.82, 2.24) is 0 Å². The number of carbonyl (C=O) groups excluding carboxylic acids is 1. The number of ether oxygens (including phenoxy) is 1. The number of halogens is 1. The van der Waals surface area contributed by atoms with Crippen LogP contribution >= 0.6 is 0 Å². The van der Waals surface area contributed by atoms with Crippen LogP contribution in [0.25, 0.3) is 0 Å². The Labute approximate surface area is 137 Å². The Balaban J connectivity index is 1.70. The van der Waals surface area contributed by atoms with Gasteiger partial charge in [-0.3, -0.25) is 4.79 Å². The first-order valence-corrected chi connectivity index (χ1v) is 8.59. The van der Waals surface area contributed by atoms with Crippen LogP contribution in [0.1, 0.15) is 61.4 Å². The van der Waals surface area contributed by atoms with E-state index < -0.39 is 11.7 Å². The second kappa shape index (κ2) is 6.14. The summed E-state index contributed by atoms with van der Waals surface area (Å²) >= 11 is 0. The minimum Gasteiger partial charge on any atom is -0.493 e. The molecule has 2 bridgehead atoms. The van der Waals surface area contributed by atoms with E-state index in [-0.39, 0.29) is 11.0 Å². The monoisotopic (exact) mass is 319 g/mol. The van der Waals surface area contributed by atoms with Gasteiger partial charge in [0.05, 0.1) is 12.2 Å². The van der Waals surface area contributed by atoms with Crippen molar-refractivity contribution in [2.45, 2.75) is 52.4 Å². The number of hydrogen-bond acceptors (Lipinski definition) is 2. The lowest BCUT2D eigenvalue weighted by molar-refractivity contribution is 0.0295. The summed E-state index contributed by atoms with van der Waals surface area (Å²) in [7, 11) is 0. The van der Waals surface area contributed by atoms with E-state index in [0.717, 1.165) is 17.4 Å². The quantitative estimate of drug-likeness (QED) is 0.903. The summed E-state index contributed by atoms with van der Waals surface area (Å²) in [5.74, 6) is 0.815. The minimum atomic E-state index is -0.746. The van der Waals surface area contributed by atoms with Crippen molar-refractivity contribution in [3.05, 3.63) is 29.1 Å². The molecule has 2 fully saturated rings. The molecule has 3 nitrogen and oxygen atoms in total. The topological polar surface area (TPSA) is 52.3 Å². The van der Waals surface area contributed by atoms with E-state index in [2.05, 4.69) is 6.92 Å². The van der Waals surface area contributed by atoms with Gasteiger partial charge in [-0.1, -0.05) is 26.2 Å². The van der Waals surface area contributed by atoms with Crippen LogP contribution in [0.4, 0.5) is 4.39 Å². The van der Waals surface area contributed by atoms with Gasteiger partial charge in [-0.2, -0.15) is 0 Å². The number of rotatable bonds is 4. The molecule has 0 saturated heterocycles. The molecule has 4 heteroatoms. The Hall–Kier alpha value is -1.58. The van der Waals surface area contributed by atoms with Crippen molar-refractivity contribution < 1.29 is 13.9 Å². The van der Waals surface area contributed by atoms with E-state index in [9.17, 15) is 9.18 Å². The fraction of sp³-hybridized carbons (Fsp3) is 0.632. The van der Waals surface area contributed by atoms with E-state index in [1.807, 2.05) is 6.92 Å². The zero-order valence-corrected chi connectivity index (χ0v) is 14.0. The number of amides is 1. The van der Waals surface area contributed by atoms with Crippen LogP contribution in [0.3, 0.4) is 0 Å². The van der Waals surface area contributed by atoms with Crippen LogP contribution in [-0.4, -0.2) is 12.5 Å². The van der Waals surface area contributed by atoms with Gasteiger partial charge in [0.15, 0.2) is 0 Å². The van der Waals surface area contributed by atoms with Crippen molar-refractivity contribution in [2.75, 3.05) is 6.61 Å². The molecule has 2 atom stereocenters. The summed E-state index contributed by atoms with van der Waals surface area (Å²) in [6, 6.07) is 2.77. The molecular formula is C19H26FNO2. The van der Waals surface area contributed by atoms with E-state index in [1.54, 1.807) is 0 Å². The van der Waals surface area contributed by atoms with Gasteiger partial charge < -0.3 is 10.5 Å². The molecule has 0 spiro atoms. The molecule has 2 saturated carbocycles. The maximum atomic E-state index is 13.9. The first-order valence-electron chi connectivity index (χ1n) is 8.59. The molecule has 1 aromatic rings. The highest BCUT2D eigenvalue weighted by Crippen LogP contribution is 2.48. The molecule has 2 unspecified atom stereocenters. The third-order valence-corrected chi connectivity index (χ3v) is 5.56. The van der Waals surface area contributed by atoms with E-state index in [4.69, 9.17) is 10.5 Å². The standard InChI is InChI=1S/C19H26FNO2/c1-12-6-15(18(21)22)16(20)8-17(12)23-11-19(2)9-13-4-3-5-14(7-13)10-19/h6,8,13-14H,3-5,7,9-11H2,1-2H3,(H2,21,22). The van der Waals surface area contributed by atoms with Gasteiger partial charge in [0.1, 0.15) is 11.6 Å². The summed E-state index contributed by atoms with van der Waals surface area (Å²) in [5, 5.41) is 0. The molecule has 0 aliphatic heterocycles. The fourth-order valence-electron chi connectivity index (χ4n) is 4.63. The zero-order chi connectivity index (χ0) is 16.6. The minimum absolute atomic E-state index is 0.0757. The molecule has 0 radical (unpaired) electrons. The lowest BCUT2D eigenvalue weighted by Gasteiger charge is -2.45. The van der Waals surface area contributed by atoms with Crippen LogP contribution in [0.5, 0.6) is 5.75 Å². The van der Waals surface area contributed by atoms with Crippen LogP contribution in [0.2, 0.25) is 0 Å². The average Bonchev–Trinajstić information content (AvgIpc) is 2.47. The number of aryl methyl sites for hydroxylation is 1. The van der Waals surface area contributed by atoms with Gasteiger partial charge in [-0.05, 0) is 49.7 Å². The van der Waals surface area contributed by atoms with Gasteiger partial charge in [0, 0.05) is 11.5 Å². The molecule has 2 aliphatic carbocycles. The van der Waals surface area contributed by atoms with Gasteiger partial charge in [-0.15, -0.1) is 0 Å². The normalized spacial score (nSPS) is 30.0. The van der Waals surface area contributed by atoms with Crippen molar-refractivity contribution in [1.29, 1.82) is 0 Å². The SMILES string of the molecule is Cc1cc(C(N)=O)c(F)cc1OCC1(C)CC2CCCC(C2)C1. The molecule has 0 heterocycles. The summed E-state index contributed by atoms with van der Waals surface area (Å²) in [5.41, 5.74) is 6.02. The highest BCUT2D eigenvalue weighted by molar-refractivity contribution is 5.93. The first-order chi connectivity index (χ1) is 10.9. The fourth-order valence-corrected chi connectivity index (χ4v) is 4.63. The highest BCUT2D eigenvalue weighted by Gasteiger charge is 2.39. The number of hydrogen-bond donors (Lipinski definition) is 1. The largest absolute Gasteiger partial charge is 0.493 e. The second-order valence-corrected chi connectivity index (χ2v) is 7.87. The summed E-state index contributed by atoms with van der Waals surface area (Å²) < 4.78 is 19.9. The molecule has 2 aliphatic rings. The third-order valence-electron chi connectivity index (χ3n) is 5.56. The Morgan fingerprint density at radius 3 is 2.61 bits per heavy atom. The molecule has 1 amide bonds. The van der Waals surface area contributed by atoms with Gasteiger partial charge in [-0.25, -0.2) is 4.39 Å². The molecule has 0 aromatic heterocycles. The Bertz CT molecular complexity index is 602. The third kappa shape index (κ3) is 3.51. The first kappa shape index (κ1) is 16.3. The van der Waals surface area contributed by atoms with Crippen molar-refractivity contribution in [3.63, 3.8) is 0 Å². The predicted octanol–water partition coefficient (Wildman–Crippen LogP) is 4.22. The highest BCUT2D eigenvalue weighted by atomic mass is 19.1. The number of nitrogens with two attached hydrogens (primary N) is 1. The number of benzene rings is 1. The molecule has 126 valence electrons. The zero-order valence-electron chi connectivity index (χ0n) is 14.0. The van der Waals surface area contributed by atoms with E-state index in [1.165, 1.54) is 50.7 Å². The van der Waals surface area contributed by atoms with Crippen LogP contribution in [0.15, 0.2) is 12.1 Å².